The molecular weight excluding hydrogens is 289 g/mol. The first-order valence-electron chi connectivity index (χ1n) is 6.66. The van der Waals surface area contributed by atoms with Gasteiger partial charge in [-0.05, 0) is 37.6 Å². The van der Waals surface area contributed by atoms with Crippen LogP contribution in [0.5, 0.6) is 0 Å². The molecule has 1 heterocycles. The quantitative estimate of drug-likeness (QED) is 0.507. The number of carbonyl (C=O) groups is 1. The van der Waals surface area contributed by atoms with Gasteiger partial charge in [-0.25, -0.2) is 10.2 Å². The van der Waals surface area contributed by atoms with Crippen LogP contribution < -0.4 is 16.2 Å². The van der Waals surface area contributed by atoms with Gasteiger partial charge in [-0.15, -0.1) is 11.3 Å². The minimum Gasteiger partial charge on any atom is -0.365 e. The summed E-state index contributed by atoms with van der Waals surface area (Å²) in [5, 5.41) is 0. The highest BCUT2D eigenvalue weighted by molar-refractivity contribution is 7.14. The van der Waals surface area contributed by atoms with E-state index in [2.05, 4.69) is 5.43 Å². The number of rotatable bonds is 5. The lowest BCUT2D eigenvalue weighted by molar-refractivity contribution is 0.0957. The van der Waals surface area contributed by atoms with Crippen molar-refractivity contribution < 1.29 is 9.18 Å². The van der Waals surface area contributed by atoms with Crippen LogP contribution in [0.3, 0.4) is 0 Å². The van der Waals surface area contributed by atoms with Crippen molar-refractivity contribution in [2.75, 3.05) is 11.4 Å². The number of anilines is 1. The number of nitrogens with two attached hydrogens (primary N) is 1. The first-order chi connectivity index (χ1) is 10.1. The maximum absolute atomic E-state index is 13.9. The lowest BCUT2D eigenvalue weighted by Crippen LogP contribution is -2.29. The van der Waals surface area contributed by atoms with Crippen LogP contribution in [-0.4, -0.2) is 12.5 Å². The van der Waals surface area contributed by atoms with Crippen LogP contribution >= 0.6 is 11.3 Å². The Morgan fingerprint density at radius 2 is 2.14 bits per heavy atom. The number of aryl methyl sites for hydroxylation is 1. The van der Waals surface area contributed by atoms with Crippen molar-refractivity contribution in [2.24, 2.45) is 5.84 Å². The van der Waals surface area contributed by atoms with E-state index in [0.717, 1.165) is 10.4 Å². The number of nitrogens with zero attached hydrogens (tertiary/aromatic N) is 1. The number of hydrogen-bond donors (Lipinski definition) is 2. The molecule has 112 valence electrons. The van der Waals surface area contributed by atoms with E-state index in [1.165, 1.54) is 17.4 Å². The number of para-hydroxylation sites is 1. The van der Waals surface area contributed by atoms with Crippen LogP contribution in [-0.2, 0) is 6.54 Å². The molecule has 0 aliphatic rings. The molecule has 21 heavy (non-hydrogen) atoms. The molecule has 4 nitrogen and oxygen atoms in total. The zero-order valence-electron chi connectivity index (χ0n) is 12.0. The minimum atomic E-state index is -0.303. The summed E-state index contributed by atoms with van der Waals surface area (Å²) < 4.78 is 13.9. The van der Waals surface area contributed by atoms with Crippen LogP contribution in [0.4, 0.5) is 10.1 Å². The van der Waals surface area contributed by atoms with E-state index >= 15 is 0 Å². The standard InChI is InChI=1S/C15H18FN3OS/c1-3-19(13-7-5-4-6-12(13)16)9-11-8-14(15(20)18-17)21-10(11)2/h4-8H,3,9,17H2,1-2H3,(H,18,20). The molecule has 0 aliphatic heterocycles. The highest BCUT2D eigenvalue weighted by atomic mass is 32.1. The van der Waals surface area contributed by atoms with Crippen LogP contribution in [0, 0.1) is 12.7 Å². The summed E-state index contributed by atoms with van der Waals surface area (Å²) in [5.41, 5.74) is 3.70. The van der Waals surface area contributed by atoms with E-state index in [1.807, 2.05) is 30.9 Å². The molecule has 0 unspecified atom stereocenters. The van der Waals surface area contributed by atoms with Gasteiger partial charge in [0.25, 0.3) is 5.91 Å². The molecule has 0 aliphatic carbocycles. The molecule has 2 rings (SSSR count). The maximum Gasteiger partial charge on any atom is 0.275 e. The Bertz CT molecular complexity index is 642. The number of halogens is 1. The first-order valence-corrected chi connectivity index (χ1v) is 7.48. The molecule has 2 aromatic rings. The second-order valence-electron chi connectivity index (χ2n) is 4.63. The van der Waals surface area contributed by atoms with Crippen molar-refractivity contribution in [3.63, 3.8) is 0 Å². The normalized spacial score (nSPS) is 10.5. The molecule has 0 saturated heterocycles. The number of nitrogens with one attached hydrogen (secondary N) is 1. The highest BCUT2D eigenvalue weighted by Crippen LogP contribution is 2.26. The smallest absolute Gasteiger partial charge is 0.275 e. The Balaban J connectivity index is 2.25. The molecule has 0 saturated carbocycles. The van der Waals surface area contributed by atoms with Gasteiger partial charge < -0.3 is 4.90 Å². The Morgan fingerprint density at radius 1 is 1.43 bits per heavy atom. The zero-order valence-corrected chi connectivity index (χ0v) is 12.8. The topological polar surface area (TPSA) is 58.4 Å². The van der Waals surface area contributed by atoms with E-state index in [9.17, 15) is 9.18 Å². The molecule has 0 fully saturated rings. The van der Waals surface area contributed by atoms with Crippen LogP contribution in [0.2, 0.25) is 0 Å². The predicted molar refractivity (Wildman–Crippen MR) is 83.8 cm³/mol. The lowest BCUT2D eigenvalue weighted by atomic mass is 10.2. The third-order valence-electron chi connectivity index (χ3n) is 3.31. The fourth-order valence-corrected chi connectivity index (χ4v) is 3.08. The number of nitrogen functional groups attached to an aromatic ring is 1. The molecule has 1 aromatic carbocycles. The summed E-state index contributed by atoms with van der Waals surface area (Å²) in [4.78, 5) is 15.1. The molecule has 3 N–H and O–H groups in total. The van der Waals surface area contributed by atoms with Gasteiger partial charge in [-0.1, -0.05) is 12.1 Å². The predicted octanol–water partition coefficient (Wildman–Crippen LogP) is 2.83. The van der Waals surface area contributed by atoms with Gasteiger partial charge in [0.2, 0.25) is 0 Å². The van der Waals surface area contributed by atoms with E-state index < -0.39 is 0 Å². The van der Waals surface area contributed by atoms with Crippen molar-refractivity contribution in [2.45, 2.75) is 20.4 Å². The van der Waals surface area contributed by atoms with Gasteiger partial charge in [0.05, 0.1) is 10.6 Å². The Hall–Kier alpha value is -1.92. The highest BCUT2D eigenvalue weighted by Gasteiger charge is 2.15. The number of thiophene rings is 1. The van der Waals surface area contributed by atoms with Gasteiger partial charge in [0.1, 0.15) is 5.82 Å². The summed E-state index contributed by atoms with van der Waals surface area (Å²) in [6.45, 7) is 5.15. The fraction of sp³-hybridized carbons (Fsp3) is 0.267. The summed E-state index contributed by atoms with van der Waals surface area (Å²) in [6, 6.07) is 8.51. The van der Waals surface area contributed by atoms with Gasteiger partial charge in [-0.3, -0.25) is 10.2 Å². The largest absolute Gasteiger partial charge is 0.365 e. The average molecular weight is 307 g/mol. The van der Waals surface area contributed by atoms with E-state index in [-0.39, 0.29) is 11.7 Å². The van der Waals surface area contributed by atoms with E-state index in [4.69, 9.17) is 5.84 Å². The van der Waals surface area contributed by atoms with Crippen molar-refractivity contribution in [1.82, 2.24) is 5.43 Å². The number of amides is 1. The van der Waals surface area contributed by atoms with Crippen molar-refractivity contribution in [3.8, 4) is 0 Å². The SMILES string of the molecule is CCN(Cc1cc(C(=O)NN)sc1C)c1ccccc1F. The Labute approximate surface area is 127 Å². The monoisotopic (exact) mass is 307 g/mol. The lowest BCUT2D eigenvalue weighted by Gasteiger charge is -2.23. The third-order valence-corrected chi connectivity index (χ3v) is 4.40. The second-order valence-corrected chi connectivity index (χ2v) is 5.89. The van der Waals surface area contributed by atoms with Crippen LogP contribution in [0.1, 0.15) is 27.0 Å². The van der Waals surface area contributed by atoms with E-state index in [0.29, 0.717) is 23.7 Å². The Morgan fingerprint density at radius 3 is 2.76 bits per heavy atom. The van der Waals surface area contributed by atoms with E-state index in [1.54, 1.807) is 12.1 Å². The fourth-order valence-electron chi connectivity index (χ4n) is 2.14. The number of carbonyl (C=O) groups excluding carboxylic acids is 1. The summed E-state index contributed by atoms with van der Waals surface area (Å²) in [6.07, 6.45) is 0. The van der Waals surface area contributed by atoms with Gasteiger partial charge >= 0.3 is 0 Å². The maximum atomic E-state index is 13.9. The second kappa shape index (κ2) is 6.69. The van der Waals surface area contributed by atoms with Gasteiger partial charge in [-0.2, -0.15) is 0 Å². The molecule has 0 bridgehead atoms. The molecule has 1 aromatic heterocycles. The van der Waals surface area contributed by atoms with Gasteiger partial charge in [0, 0.05) is 18.0 Å². The number of benzene rings is 1. The zero-order chi connectivity index (χ0) is 15.4. The molecule has 0 spiro atoms. The van der Waals surface area contributed by atoms with Crippen molar-refractivity contribution in [1.29, 1.82) is 0 Å². The third kappa shape index (κ3) is 3.40. The summed E-state index contributed by atoms with van der Waals surface area (Å²) in [5.74, 6) is 4.60. The van der Waals surface area contributed by atoms with Gasteiger partial charge in [0.15, 0.2) is 0 Å². The first kappa shape index (κ1) is 15.5. The average Bonchev–Trinajstić information content (AvgIpc) is 2.86. The summed E-state index contributed by atoms with van der Waals surface area (Å²) >= 11 is 1.39. The summed E-state index contributed by atoms with van der Waals surface area (Å²) in [7, 11) is 0. The van der Waals surface area contributed by atoms with Crippen LogP contribution in [0.25, 0.3) is 0 Å². The number of hydrazine groups is 1. The molecular formula is C15H18FN3OS. The minimum absolute atomic E-state index is 0.243. The molecule has 0 radical (unpaired) electrons. The van der Waals surface area contributed by atoms with Crippen molar-refractivity contribution in [3.05, 3.63) is 51.5 Å². The molecule has 1 amide bonds. The number of hydrogen-bond acceptors (Lipinski definition) is 4. The van der Waals surface area contributed by atoms with Crippen molar-refractivity contribution >= 4 is 22.9 Å². The molecule has 6 heteroatoms. The molecule has 0 atom stereocenters. The Kier molecular flexibility index (Phi) is 4.93. The van der Waals surface area contributed by atoms with Crippen LogP contribution in [0.15, 0.2) is 30.3 Å².